The number of methoxy groups -OCH3 is 1. The van der Waals surface area contributed by atoms with Gasteiger partial charge in [0.2, 0.25) is 0 Å². The molecule has 2 N–H and O–H groups in total. The van der Waals surface area contributed by atoms with Crippen LogP contribution in [0.25, 0.3) is 0 Å². The van der Waals surface area contributed by atoms with Crippen LogP contribution >= 0.6 is 23.5 Å². The molecule has 0 aromatic carbocycles. The summed E-state index contributed by atoms with van der Waals surface area (Å²) in [5.74, 6) is 0.614. The van der Waals surface area contributed by atoms with E-state index in [0.717, 1.165) is 0 Å². The standard InChI is InChI=1S/C8H16O4S2/c1-8(7(11)12-2,13-5-3-9)14-6-4-10/h9-10H,3-6H2,1-2H3. The van der Waals surface area contributed by atoms with Crippen molar-refractivity contribution in [1.82, 2.24) is 0 Å². The third kappa shape index (κ3) is 4.54. The molecule has 0 heterocycles. The van der Waals surface area contributed by atoms with E-state index in [0.29, 0.717) is 11.5 Å². The van der Waals surface area contributed by atoms with Crippen molar-refractivity contribution in [2.45, 2.75) is 11.0 Å². The van der Waals surface area contributed by atoms with Gasteiger partial charge in [0.15, 0.2) is 4.08 Å². The van der Waals surface area contributed by atoms with Gasteiger partial charge in [0.1, 0.15) is 0 Å². The first kappa shape index (κ1) is 14.1. The molecule has 84 valence electrons. The van der Waals surface area contributed by atoms with E-state index in [9.17, 15) is 4.79 Å². The molecule has 0 aliphatic carbocycles. The van der Waals surface area contributed by atoms with Crippen LogP contribution in [0, 0.1) is 0 Å². The highest BCUT2D eigenvalue weighted by Crippen LogP contribution is 2.37. The minimum atomic E-state index is -0.736. The maximum Gasteiger partial charge on any atom is 0.331 e. The maximum atomic E-state index is 11.4. The molecule has 0 saturated heterocycles. The van der Waals surface area contributed by atoms with E-state index in [-0.39, 0.29) is 19.2 Å². The molecule has 6 heteroatoms. The first-order chi connectivity index (χ1) is 6.60. The molecule has 0 amide bonds. The van der Waals surface area contributed by atoms with Gasteiger partial charge in [-0.15, -0.1) is 23.5 Å². The number of hydrogen-bond donors (Lipinski definition) is 2. The Balaban J connectivity index is 4.24. The molecule has 14 heavy (non-hydrogen) atoms. The van der Waals surface area contributed by atoms with Crippen LogP contribution in [-0.2, 0) is 9.53 Å². The zero-order valence-electron chi connectivity index (χ0n) is 8.36. The van der Waals surface area contributed by atoms with Gasteiger partial charge >= 0.3 is 5.97 Å². The molecule has 0 aliphatic heterocycles. The minimum absolute atomic E-state index is 0.0247. The predicted molar refractivity (Wildman–Crippen MR) is 59.5 cm³/mol. The molecular formula is C8H16O4S2. The van der Waals surface area contributed by atoms with E-state index in [2.05, 4.69) is 4.74 Å². The summed E-state index contributed by atoms with van der Waals surface area (Å²) < 4.78 is 3.93. The van der Waals surface area contributed by atoms with Crippen LogP contribution < -0.4 is 0 Å². The molecular weight excluding hydrogens is 224 g/mol. The third-order valence-corrected chi connectivity index (χ3v) is 4.41. The van der Waals surface area contributed by atoms with E-state index in [1.54, 1.807) is 6.92 Å². The number of aliphatic hydroxyl groups excluding tert-OH is 2. The number of carbonyl (C=O) groups is 1. The average molecular weight is 240 g/mol. The lowest BCUT2D eigenvalue weighted by Gasteiger charge is -2.24. The largest absolute Gasteiger partial charge is 0.467 e. The first-order valence-corrected chi connectivity index (χ1v) is 6.16. The van der Waals surface area contributed by atoms with Gasteiger partial charge in [-0.2, -0.15) is 0 Å². The van der Waals surface area contributed by atoms with Crippen molar-refractivity contribution in [3.63, 3.8) is 0 Å². The normalized spacial score (nSPS) is 11.4. The van der Waals surface area contributed by atoms with E-state index < -0.39 is 4.08 Å². The fraction of sp³-hybridized carbons (Fsp3) is 0.875. The summed E-state index contributed by atoms with van der Waals surface area (Å²) in [4.78, 5) is 11.4. The lowest BCUT2D eigenvalue weighted by atomic mass is 10.5. The number of rotatable bonds is 7. The van der Waals surface area contributed by atoms with E-state index in [4.69, 9.17) is 10.2 Å². The van der Waals surface area contributed by atoms with Crippen LogP contribution in [0.2, 0.25) is 0 Å². The van der Waals surface area contributed by atoms with Gasteiger partial charge < -0.3 is 14.9 Å². The highest BCUT2D eigenvalue weighted by Gasteiger charge is 2.35. The lowest BCUT2D eigenvalue weighted by Crippen LogP contribution is -2.30. The van der Waals surface area contributed by atoms with Crippen molar-refractivity contribution >= 4 is 29.5 Å². The van der Waals surface area contributed by atoms with Crippen molar-refractivity contribution < 1.29 is 19.7 Å². The molecule has 0 atom stereocenters. The van der Waals surface area contributed by atoms with E-state index in [1.807, 2.05) is 0 Å². The van der Waals surface area contributed by atoms with Crippen LogP contribution in [0.4, 0.5) is 0 Å². The van der Waals surface area contributed by atoms with Crippen LogP contribution in [0.1, 0.15) is 6.92 Å². The quantitative estimate of drug-likeness (QED) is 0.494. The van der Waals surface area contributed by atoms with Gasteiger partial charge in [0, 0.05) is 11.5 Å². The molecule has 0 aromatic heterocycles. The fourth-order valence-electron chi connectivity index (χ4n) is 0.826. The van der Waals surface area contributed by atoms with Gasteiger partial charge in [-0.3, -0.25) is 0 Å². The Morgan fingerprint density at radius 3 is 2.00 bits per heavy atom. The highest BCUT2D eigenvalue weighted by molar-refractivity contribution is 8.19. The van der Waals surface area contributed by atoms with Crippen molar-refractivity contribution in [3.05, 3.63) is 0 Å². The second kappa shape index (κ2) is 7.39. The van der Waals surface area contributed by atoms with Crippen LogP contribution in [0.5, 0.6) is 0 Å². The van der Waals surface area contributed by atoms with Crippen molar-refractivity contribution in [3.8, 4) is 0 Å². The van der Waals surface area contributed by atoms with Crippen molar-refractivity contribution in [2.24, 2.45) is 0 Å². The summed E-state index contributed by atoms with van der Waals surface area (Å²) >= 11 is 2.65. The number of hydrogen-bond acceptors (Lipinski definition) is 6. The molecule has 0 aliphatic rings. The molecule has 0 radical (unpaired) electrons. The summed E-state index contributed by atoms with van der Waals surface area (Å²) in [6.45, 7) is 1.79. The Hall–Kier alpha value is 0.0900. The Morgan fingerprint density at radius 1 is 1.29 bits per heavy atom. The Kier molecular flexibility index (Phi) is 7.44. The van der Waals surface area contributed by atoms with Crippen LogP contribution in [-0.4, -0.2) is 52.1 Å². The topological polar surface area (TPSA) is 66.8 Å². The van der Waals surface area contributed by atoms with Gasteiger partial charge in [0.05, 0.1) is 20.3 Å². The second-order valence-corrected chi connectivity index (χ2v) is 5.87. The molecule has 4 nitrogen and oxygen atoms in total. The Morgan fingerprint density at radius 2 is 1.71 bits per heavy atom. The zero-order chi connectivity index (χ0) is 11.0. The third-order valence-electron chi connectivity index (χ3n) is 1.49. The zero-order valence-corrected chi connectivity index (χ0v) is 9.99. The van der Waals surface area contributed by atoms with Gasteiger partial charge in [-0.05, 0) is 6.92 Å². The fourth-order valence-corrected chi connectivity index (χ4v) is 3.02. The summed E-state index contributed by atoms with van der Waals surface area (Å²) in [5.41, 5.74) is 0. The minimum Gasteiger partial charge on any atom is -0.467 e. The lowest BCUT2D eigenvalue weighted by molar-refractivity contribution is -0.140. The summed E-state index contributed by atoms with van der Waals surface area (Å²) in [6, 6.07) is 0. The molecule has 0 aromatic rings. The average Bonchev–Trinajstić information content (AvgIpc) is 2.22. The first-order valence-electron chi connectivity index (χ1n) is 4.18. The summed E-state index contributed by atoms with van der Waals surface area (Å²) in [5, 5.41) is 17.4. The molecule has 0 unspecified atom stereocenters. The summed E-state index contributed by atoms with van der Waals surface area (Å²) in [7, 11) is 1.33. The molecule has 0 bridgehead atoms. The maximum absolute atomic E-state index is 11.4. The number of esters is 1. The highest BCUT2D eigenvalue weighted by atomic mass is 32.2. The smallest absolute Gasteiger partial charge is 0.331 e. The van der Waals surface area contributed by atoms with Gasteiger partial charge in [-0.25, -0.2) is 4.79 Å². The van der Waals surface area contributed by atoms with Crippen LogP contribution in [0.15, 0.2) is 0 Å². The van der Waals surface area contributed by atoms with Gasteiger partial charge in [-0.1, -0.05) is 0 Å². The summed E-state index contributed by atoms with van der Waals surface area (Å²) in [6.07, 6.45) is 0. The van der Waals surface area contributed by atoms with E-state index >= 15 is 0 Å². The SMILES string of the molecule is COC(=O)C(C)(SCCO)SCCO. The Labute approximate surface area is 92.4 Å². The molecule has 0 spiro atoms. The Bertz CT molecular complexity index is 167. The number of ether oxygens (including phenoxy) is 1. The van der Waals surface area contributed by atoms with Crippen molar-refractivity contribution in [2.75, 3.05) is 31.8 Å². The van der Waals surface area contributed by atoms with Crippen LogP contribution in [0.3, 0.4) is 0 Å². The number of aliphatic hydroxyl groups is 2. The predicted octanol–water partition coefficient (Wildman–Crippen LogP) is 0.327. The number of thioether (sulfide) groups is 2. The van der Waals surface area contributed by atoms with Gasteiger partial charge in [0.25, 0.3) is 0 Å². The second-order valence-electron chi connectivity index (χ2n) is 2.58. The van der Waals surface area contributed by atoms with Crippen molar-refractivity contribution in [1.29, 1.82) is 0 Å². The monoisotopic (exact) mass is 240 g/mol. The molecule has 0 rings (SSSR count). The molecule has 0 saturated carbocycles. The number of carbonyl (C=O) groups excluding carboxylic acids is 1. The van der Waals surface area contributed by atoms with E-state index in [1.165, 1.54) is 30.6 Å². The molecule has 0 fully saturated rings.